The Morgan fingerprint density at radius 2 is 2.05 bits per heavy atom. The van der Waals surface area contributed by atoms with Crippen LogP contribution in [-0.2, 0) is 0 Å². The van der Waals surface area contributed by atoms with Crippen LogP contribution < -0.4 is 11.1 Å². The predicted molar refractivity (Wildman–Crippen MR) is 86.0 cm³/mol. The third kappa shape index (κ3) is 2.71. The van der Waals surface area contributed by atoms with E-state index in [1.165, 1.54) is 0 Å². The van der Waals surface area contributed by atoms with Crippen LogP contribution in [0.1, 0.15) is 10.4 Å². The number of fused-ring (bicyclic) bond motifs is 1. The Labute approximate surface area is 129 Å². The van der Waals surface area contributed by atoms with Gasteiger partial charge >= 0.3 is 0 Å². The second-order valence-electron chi connectivity index (χ2n) is 4.42. The highest BCUT2D eigenvalue weighted by Crippen LogP contribution is 2.23. The molecule has 0 spiro atoms. The summed E-state index contributed by atoms with van der Waals surface area (Å²) in [7, 11) is 0. The van der Waals surface area contributed by atoms with Crippen LogP contribution in [0, 0.1) is 0 Å². The molecule has 3 N–H and O–H groups in total. The molecular weight excluding hydrogens is 332 g/mol. The van der Waals surface area contributed by atoms with Crippen molar-refractivity contribution in [1.29, 1.82) is 0 Å². The second-order valence-corrected chi connectivity index (χ2v) is 5.33. The van der Waals surface area contributed by atoms with E-state index >= 15 is 0 Å². The summed E-state index contributed by atoms with van der Waals surface area (Å²) >= 11 is 3.28. The first-order chi connectivity index (χ1) is 10.1. The van der Waals surface area contributed by atoms with Crippen LogP contribution in [-0.4, -0.2) is 15.9 Å². The number of halogens is 1. The van der Waals surface area contributed by atoms with Crippen molar-refractivity contribution >= 4 is 44.2 Å². The summed E-state index contributed by atoms with van der Waals surface area (Å²) in [5, 5.41) is 3.72. The first-order valence-electron chi connectivity index (χ1n) is 6.21. The van der Waals surface area contributed by atoms with Crippen LogP contribution in [0.4, 0.5) is 11.5 Å². The van der Waals surface area contributed by atoms with Crippen molar-refractivity contribution in [3.05, 3.63) is 58.8 Å². The minimum Gasteiger partial charge on any atom is -0.383 e. The Kier molecular flexibility index (Phi) is 3.53. The highest BCUT2D eigenvalue weighted by Gasteiger charge is 2.13. The quantitative estimate of drug-likeness (QED) is 0.749. The van der Waals surface area contributed by atoms with E-state index < -0.39 is 0 Å². The highest BCUT2D eigenvalue weighted by molar-refractivity contribution is 9.10. The molecule has 0 bridgehead atoms. The number of benzene rings is 1. The summed E-state index contributed by atoms with van der Waals surface area (Å²) in [6, 6.07) is 10.9. The molecule has 0 aliphatic heterocycles. The van der Waals surface area contributed by atoms with Crippen LogP contribution >= 0.6 is 15.9 Å². The topological polar surface area (TPSA) is 80.9 Å². The molecule has 3 rings (SSSR count). The van der Waals surface area contributed by atoms with Gasteiger partial charge in [0, 0.05) is 22.3 Å². The van der Waals surface area contributed by atoms with Gasteiger partial charge in [-0.1, -0.05) is 6.07 Å². The highest BCUT2D eigenvalue weighted by atomic mass is 79.9. The maximum absolute atomic E-state index is 12.4. The zero-order valence-electron chi connectivity index (χ0n) is 10.9. The lowest BCUT2D eigenvalue weighted by Crippen LogP contribution is -2.15. The van der Waals surface area contributed by atoms with E-state index in [9.17, 15) is 4.79 Å². The molecule has 0 radical (unpaired) electrons. The number of carbonyl (C=O) groups excluding carboxylic acids is 1. The van der Waals surface area contributed by atoms with Crippen molar-refractivity contribution in [3.8, 4) is 0 Å². The van der Waals surface area contributed by atoms with Gasteiger partial charge in [-0.3, -0.25) is 9.78 Å². The fraction of sp³-hybridized carbons (Fsp3) is 0. The maximum atomic E-state index is 12.4. The molecule has 2 heterocycles. The van der Waals surface area contributed by atoms with E-state index in [2.05, 4.69) is 31.2 Å². The smallest absolute Gasteiger partial charge is 0.259 e. The van der Waals surface area contributed by atoms with Gasteiger partial charge in [-0.2, -0.15) is 0 Å². The molecule has 21 heavy (non-hydrogen) atoms. The molecule has 0 fully saturated rings. The Balaban J connectivity index is 1.99. The largest absolute Gasteiger partial charge is 0.383 e. The summed E-state index contributed by atoms with van der Waals surface area (Å²) in [5.41, 5.74) is 7.58. The summed E-state index contributed by atoms with van der Waals surface area (Å²) in [6.07, 6.45) is 3.26. The SMILES string of the molecule is Nc1ncc(Br)cc1C(=O)Nc1cccc2ncccc12. The maximum Gasteiger partial charge on any atom is 0.259 e. The van der Waals surface area contributed by atoms with Crippen molar-refractivity contribution < 1.29 is 4.79 Å². The molecule has 0 unspecified atom stereocenters. The number of pyridine rings is 2. The zero-order valence-corrected chi connectivity index (χ0v) is 12.5. The van der Waals surface area contributed by atoms with Crippen molar-refractivity contribution in [2.75, 3.05) is 11.1 Å². The zero-order chi connectivity index (χ0) is 14.8. The molecule has 0 aliphatic carbocycles. The van der Waals surface area contributed by atoms with Gasteiger partial charge in [0.2, 0.25) is 0 Å². The summed E-state index contributed by atoms with van der Waals surface area (Å²) < 4.78 is 0.696. The van der Waals surface area contributed by atoms with Crippen molar-refractivity contribution in [2.45, 2.75) is 0 Å². The van der Waals surface area contributed by atoms with Gasteiger partial charge in [0.05, 0.1) is 16.8 Å². The molecule has 3 aromatic rings. The molecule has 5 nitrogen and oxygen atoms in total. The average molecular weight is 343 g/mol. The molecule has 1 aromatic carbocycles. The predicted octanol–water partition coefficient (Wildman–Crippen LogP) is 3.23. The van der Waals surface area contributed by atoms with Gasteiger partial charge in [0.1, 0.15) is 5.82 Å². The average Bonchev–Trinajstić information content (AvgIpc) is 2.50. The molecule has 104 valence electrons. The molecular formula is C15H11BrN4O. The second kappa shape index (κ2) is 5.49. The molecule has 2 aromatic heterocycles. The van der Waals surface area contributed by atoms with Crippen LogP contribution in [0.2, 0.25) is 0 Å². The van der Waals surface area contributed by atoms with Crippen LogP contribution in [0.15, 0.2) is 53.3 Å². The van der Waals surface area contributed by atoms with Crippen molar-refractivity contribution in [2.24, 2.45) is 0 Å². The lowest BCUT2D eigenvalue weighted by atomic mass is 10.1. The van der Waals surface area contributed by atoms with E-state index in [1.807, 2.05) is 30.3 Å². The van der Waals surface area contributed by atoms with Crippen LogP contribution in [0.5, 0.6) is 0 Å². The molecule has 1 amide bonds. The van der Waals surface area contributed by atoms with E-state index in [4.69, 9.17) is 5.73 Å². The Hall–Kier alpha value is -2.47. The monoisotopic (exact) mass is 342 g/mol. The lowest BCUT2D eigenvalue weighted by Gasteiger charge is -2.09. The Morgan fingerprint density at radius 1 is 1.19 bits per heavy atom. The lowest BCUT2D eigenvalue weighted by molar-refractivity contribution is 0.102. The molecule has 0 atom stereocenters. The third-order valence-corrected chi connectivity index (χ3v) is 3.46. The number of amides is 1. The van der Waals surface area contributed by atoms with Gasteiger partial charge in [-0.15, -0.1) is 0 Å². The number of anilines is 2. The number of hydrogen-bond acceptors (Lipinski definition) is 4. The van der Waals surface area contributed by atoms with Gasteiger partial charge < -0.3 is 11.1 Å². The van der Waals surface area contributed by atoms with E-state index in [0.29, 0.717) is 15.7 Å². The van der Waals surface area contributed by atoms with Gasteiger partial charge in [0.25, 0.3) is 5.91 Å². The first-order valence-corrected chi connectivity index (χ1v) is 7.00. The van der Waals surface area contributed by atoms with E-state index in [0.717, 1.165) is 10.9 Å². The fourth-order valence-electron chi connectivity index (χ4n) is 2.03. The number of rotatable bonds is 2. The molecule has 0 aliphatic rings. The van der Waals surface area contributed by atoms with Crippen LogP contribution in [0.3, 0.4) is 0 Å². The van der Waals surface area contributed by atoms with Crippen molar-refractivity contribution in [3.63, 3.8) is 0 Å². The molecule has 0 saturated carbocycles. The normalized spacial score (nSPS) is 10.5. The van der Waals surface area contributed by atoms with Gasteiger partial charge in [-0.05, 0) is 46.3 Å². The number of nitrogens with two attached hydrogens (primary N) is 1. The minimum absolute atomic E-state index is 0.189. The Bertz CT molecular complexity index is 830. The number of hydrogen-bond donors (Lipinski definition) is 2. The van der Waals surface area contributed by atoms with Crippen LogP contribution in [0.25, 0.3) is 10.9 Å². The summed E-state index contributed by atoms with van der Waals surface area (Å²) in [4.78, 5) is 20.6. The summed E-state index contributed by atoms with van der Waals surface area (Å²) in [6.45, 7) is 0. The standard InChI is InChI=1S/C15H11BrN4O/c16-9-7-11(14(17)19-8-9)15(21)20-13-5-1-4-12-10(13)3-2-6-18-12/h1-8H,(H2,17,19)(H,20,21). The summed E-state index contributed by atoms with van der Waals surface area (Å²) in [5.74, 6) is -0.119. The van der Waals surface area contributed by atoms with E-state index in [1.54, 1.807) is 18.5 Å². The number of nitrogen functional groups attached to an aromatic ring is 1. The van der Waals surface area contributed by atoms with E-state index in [-0.39, 0.29) is 11.7 Å². The molecule has 6 heteroatoms. The minimum atomic E-state index is -0.308. The fourth-order valence-corrected chi connectivity index (χ4v) is 2.37. The van der Waals surface area contributed by atoms with Gasteiger partial charge in [-0.25, -0.2) is 4.98 Å². The van der Waals surface area contributed by atoms with Crippen molar-refractivity contribution in [1.82, 2.24) is 9.97 Å². The Morgan fingerprint density at radius 3 is 2.90 bits per heavy atom. The number of nitrogens with one attached hydrogen (secondary N) is 1. The number of nitrogens with zero attached hydrogens (tertiary/aromatic N) is 2. The number of carbonyl (C=O) groups is 1. The number of aromatic nitrogens is 2. The first kappa shape index (κ1) is 13.5. The molecule has 0 saturated heterocycles. The van der Waals surface area contributed by atoms with Gasteiger partial charge in [0.15, 0.2) is 0 Å². The third-order valence-electron chi connectivity index (χ3n) is 3.02.